The number of hydrogen-bond donors (Lipinski definition) is 1. The smallest absolute Gasteiger partial charge is 0.0462 e. The molecule has 2 aliphatic rings. The minimum absolute atomic E-state index is 0.306. The highest BCUT2D eigenvalue weighted by Gasteiger charge is 2.43. The predicted molar refractivity (Wildman–Crippen MR) is 83.6 cm³/mol. The molecule has 104 valence electrons. The van der Waals surface area contributed by atoms with Crippen LogP contribution in [0.4, 0.5) is 0 Å². The van der Waals surface area contributed by atoms with Crippen molar-refractivity contribution in [3.8, 4) is 0 Å². The molecule has 1 aliphatic heterocycles. The molecule has 1 aromatic rings. The molecule has 1 saturated heterocycles. The molecule has 19 heavy (non-hydrogen) atoms. The van der Waals surface area contributed by atoms with Gasteiger partial charge in [-0.15, -0.1) is 0 Å². The van der Waals surface area contributed by atoms with E-state index in [0.717, 1.165) is 41.6 Å². The SMILES string of the molecule is CC1(C2CC2)CN(Cc2ccc(Br)cc2Cl)CCN1. The van der Waals surface area contributed by atoms with E-state index in [1.165, 1.54) is 18.4 Å². The van der Waals surface area contributed by atoms with Gasteiger partial charge in [-0.1, -0.05) is 33.6 Å². The van der Waals surface area contributed by atoms with Crippen LogP contribution in [0.1, 0.15) is 25.3 Å². The van der Waals surface area contributed by atoms with Gasteiger partial charge >= 0.3 is 0 Å². The number of nitrogens with one attached hydrogen (secondary N) is 1. The average Bonchev–Trinajstić information content (AvgIpc) is 3.17. The number of halogens is 2. The highest BCUT2D eigenvalue weighted by atomic mass is 79.9. The van der Waals surface area contributed by atoms with Crippen molar-refractivity contribution in [1.82, 2.24) is 10.2 Å². The van der Waals surface area contributed by atoms with Crippen LogP contribution in [0.25, 0.3) is 0 Å². The lowest BCUT2D eigenvalue weighted by molar-refractivity contribution is 0.121. The van der Waals surface area contributed by atoms with E-state index >= 15 is 0 Å². The monoisotopic (exact) mass is 342 g/mol. The Morgan fingerprint density at radius 1 is 1.47 bits per heavy atom. The summed E-state index contributed by atoms with van der Waals surface area (Å²) >= 11 is 9.78. The van der Waals surface area contributed by atoms with Crippen LogP contribution in [0.15, 0.2) is 22.7 Å². The van der Waals surface area contributed by atoms with Crippen LogP contribution in [-0.2, 0) is 6.54 Å². The Morgan fingerprint density at radius 2 is 2.26 bits per heavy atom. The second kappa shape index (κ2) is 5.36. The first kappa shape index (κ1) is 13.9. The molecule has 1 unspecified atom stereocenters. The molecule has 0 spiro atoms. The van der Waals surface area contributed by atoms with E-state index in [0.29, 0.717) is 5.54 Å². The molecule has 0 amide bonds. The minimum atomic E-state index is 0.306. The molecule has 1 aromatic carbocycles. The Morgan fingerprint density at radius 3 is 2.95 bits per heavy atom. The van der Waals surface area contributed by atoms with Crippen LogP contribution in [0, 0.1) is 5.92 Å². The lowest BCUT2D eigenvalue weighted by Crippen LogP contribution is -2.59. The maximum Gasteiger partial charge on any atom is 0.0462 e. The van der Waals surface area contributed by atoms with Gasteiger partial charge in [-0.25, -0.2) is 0 Å². The van der Waals surface area contributed by atoms with Gasteiger partial charge in [0, 0.05) is 41.2 Å². The van der Waals surface area contributed by atoms with Gasteiger partial charge in [0.25, 0.3) is 0 Å². The van der Waals surface area contributed by atoms with Crippen molar-refractivity contribution < 1.29 is 0 Å². The second-order valence-corrected chi connectivity index (χ2v) is 7.39. The first-order valence-electron chi connectivity index (χ1n) is 6.98. The zero-order valence-corrected chi connectivity index (χ0v) is 13.6. The number of rotatable bonds is 3. The standard InChI is InChI=1S/C15H20BrClN2/c1-15(12-3-4-12)10-19(7-6-18-15)9-11-2-5-13(16)8-14(11)17/h2,5,8,12,18H,3-4,6-7,9-10H2,1H3. The van der Waals surface area contributed by atoms with Gasteiger partial charge < -0.3 is 5.32 Å². The van der Waals surface area contributed by atoms with Crippen LogP contribution in [0.5, 0.6) is 0 Å². The molecule has 1 heterocycles. The Bertz CT molecular complexity index is 475. The molecule has 4 heteroatoms. The fraction of sp³-hybridized carbons (Fsp3) is 0.600. The summed E-state index contributed by atoms with van der Waals surface area (Å²) in [4.78, 5) is 2.53. The van der Waals surface area contributed by atoms with Gasteiger partial charge in [0.15, 0.2) is 0 Å². The van der Waals surface area contributed by atoms with E-state index < -0.39 is 0 Å². The van der Waals surface area contributed by atoms with Gasteiger partial charge in [0.2, 0.25) is 0 Å². The van der Waals surface area contributed by atoms with Crippen LogP contribution >= 0.6 is 27.5 Å². The Labute approximate surface area is 128 Å². The van der Waals surface area contributed by atoms with Crippen molar-refractivity contribution in [3.05, 3.63) is 33.3 Å². The van der Waals surface area contributed by atoms with Crippen LogP contribution in [0.3, 0.4) is 0 Å². The molecule has 1 saturated carbocycles. The summed E-state index contributed by atoms with van der Waals surface area (Å²) in [5.41, 5.74) is 1.53. The quantitative estimate of drug-likeness (QED) is 0.900. The third-order valence-electron chi connectivity index (χ3n) is 4.40. The molecular weight excluding hydrogens is 324 g/mol. The Balaban J connectivity index is 1.69. The molecule has 0 bridgehead atoms. The fourth-order valence-corrected chi connectivity index (χ4v) is 3.85. The molecule has 1 atom stereocenters. The minimum Gasteiger partial charge on any atom is -0.309 e. The van der Waals surface area contributed by atoms with Crippen molar-refractivity contribution in [2.45, 2.75) is 31.8 Å². The molecule has 2 nitrogen and oxygen atoms in total. The summed E-state index contributed by atoms with van der Waals surface area (Å²) in [6, 6.07) is 6.19. The van der Waals surface area contributed by atoms with Crippen molar-refractivity contribution in [3.63, 3.8) is 0 Å². The fourth-order valence-electron chi connectivity index (χ4n) is 3.12. The van der Waals surface area contributed by atoms with Crippen LogP contribution < -0.4 is 5.32 Å². The lowest BCUT2D eigenvalue weighted by atomic mass is 9.92. The zero-order valence-electron chi connectivity index (χ0n) is 11.3. The number of hydrogen-bond acceptors (Lipinski definition) is 2. The van der Waals surface area contributed by atoms with Crippen molar-refractivity contribution in [1.29, 1.82) is 0 Å². The third kappa shape index (κ3) is 3.15. The molecular formula is C15H20BrClN2. The first-order chi connectivity index (χ1) is 9.07. The highest BCUT2D eigenvalue weighted by Crippen LogP contribution is 2.41. The molecule has 0 aromatic heterocycles. The van der Waals surface area contributed by atoms with E-state index in [2.05, 4.69) is 45.2 Å². The van der Waals surface area contributed by atoms with Crippen LogP contribution in [-0.4, -0.2) is 30.1 Å². The summed E-state index contributed by atoms with van der Waals surface area (Å²) in [5.74, 6) is 0.871. The molecule has 2 fully saturated rings. The van der Waals surface area contributed by atoms with E-state index in [1.807, 2.05) is 6.07 Å². The lowest BCUT2D eigenvalue weighted by Gasteiger charge is -2.42. The number of nitrogens with zero attached hydrogens (tertiary/aromatic N) is 1. The predicted octanol–water partition coefficient (Wildman–Crippen LogP) is 3.68. The summed E-state index contributed by atoms with van der Waals surface area (Å²) in [6.45, 7) is 6.65. The summed E-state index contributed by atoms with van der Waals surface area (Å²) in [6.07, 6.45) is 2.77. The molecule has 3 rings (SSSR count). The molecule has 0 radical (unpaired) electrons. The van der Waals surface area contributed by atoms with Crippen molar-refractivity contribution >= 4 is 27.5 Å². The topological polar surface area (TPSA) is 15.3 Å². The largest absolute Gasteiger partial charge is 0.309 e. The summed E-state index contributed by atoms with van der Waals surface area (Å²) in [5, 5.41) is 4.58. The highest BCUT2D eigenvalue weighted by molar-refractivity contribution is 9.10. The first-order valence-corrected chi connectivity index (χ1v) is 8.15. The van der Waals surface area contributed by atoms with Crippen molar-refractivity contribution in [2.75, 3.05) is 19.6 Å². The number of piperazine rings is 1. The second-order valence-electron chi connectivity index (χ2n) is 6.06. The van der Waals surface area contributed by atoms with Gasteiger partial charge in [0.05, 0.1) is 0 Å². The van der Waals surface area contributed by atoms with E-state index in [9.17, 15) is 0 Å². The van der Waals surface area contributed by atoms with Gasteiger partial charge in [0.1, 0.15) is 0 Å². The maximum absolute atomic E-state index is 6.32. The molecule has 1 N–H and O–H groups in total. The van der Waals surface area contributed by atoms with Gasteiger partial charge in [-0.2, -0.15) is 0 Å². The van der Waals surface area contributed by atoms with E-state index in [4.69, 9.17) is 11.6 Å². The Hall–Kier alpha value is -0.0900. The maximum atomic E-state index is 6.32. The average molecular weight is 344 g/mol. The summed E-state index contributed by atoms with van der Waals surface area (Å²) < 4.78 is 1.05. The van der Waals surface area contributed by atoms with E-state index in [-0.39, 0.29) is 0 Å². The normalized spacial score (nSPS) is 28.6. The molecule has 1 aliphatic carbocycles. The third-order valence-corrected chi connectivity index (χ3v) is 5.24. The van der Waals surface area contributed by atoms with Crippen molar-refractivity contribution in [2.24, 2.45) is 5.92 Å². The van der Waals surface area contributed by atoms with Gasteiger partial charge in [-0.3, -0.25) is 4.90 Å². The zero-order chi connectivity index (χ0) is 13.5. The van der Waals surface area contributed by atoms with E-state index in [1.54, 1.807) is 0 Å². The summed E-state index contributed by atoms with van der Waals surface area (Å²) in [7, 11) is 0. The van der Waals surface area contributed by atoms with Gasteiger partial charge in [-0.05, 0) is 43.4 Å². The van der Waals surface area contributed by atoms with Crippen LogP contribution in [0.2, 0.25) is 5.02 Å². The number of benzene rings is 1. The Kier molecular flexibility index (Phi) is 3.91.